The zero-order chi connectivity index (χ0) is 21.0. The van der Waals surface area contributed by atoms with Gasteiger partial charge in [-0.1, -0.05) is 6.07 Å². The van der Waals surface area contributed by atoms with E-state index in [0.717, 1.165) is 5.56 Å². The number of carbonyl (C=O) groups excluding carboxylic acids is 2. The highest BCUT2D eigenvalue weighted by Gasteiger charge is 2.45. The monoisotopic (exact) mass is 396 g/mol. The fraction of sp³-hybridized carbons (Fsp3) is 0.318. The smallest absolute Gasteiger partial charge is 0.295 e. The molecule has 1 aromatic heterocycles. The molecule has 0 spiro atoms. The molecule has 0 unspecified atom stereocenters. The number of ether oxygens (including phenoxy) is 2. The van der Waals surface area contributed by atoms with Crippen molar-refractivity contribution in [3.63, 3.8) is 0 Å². The number of rotatable bonds is 7. The fourth-order valence-electron chi connectivity index (χ4n) is 3.56. The van der Waals surface area contributed by atoms with Gasteiger partial charge >= 0.3 is 0 Å². The second-order valence-corrected chi connectivity index (χ2v) is 6.81. The van der Waals surface area contributed by atoms with Crippen molar-refractivity contribution in [3.05, 3.63) is 65.0 Å². The number of Topliss-reactive ketones (excluding diaryl/α,β-unsaturated/α-hetero) is 1. The summed E-state index contributed by atoms with van der Waals surface area (Å²) in [6.45, 7) is 2.63. The number of carbonyl (C=O) groups is 2. The Kier molecular flexibility index (Phi) is 6.29. The summed E-state index contributed by atoms with van der Waals surface area (Å²) in [6.07, 6.45) is 3.79. The lowest BCUT2D eigenvalue weighted by atomic mass is 9.95. The van der Waals surface area contributed by atoms with Crippen molar-refractivity contribution < 1.29 is 24.2 Å². The summed E-state index contributed by atoms with van der Waals surface area (Å²) < 4.78 is 10.3. The van der Waals surface area contributed by atoms with Gasteiger partial charge in [0.25, 0.3) is 11.7 Å². The number of methoxy groups -OCH3 is 2. The molecule has 1 aliphatic heterocycles. The number of hydrogen-bond donors (Lipinski definition) is 1. The van der Waals surface area contributed by atoms with E-state index in [1.165, 1.54) is 4.90 Å². The van der Waals surface area contributed by atoms with E-state index < -0.39 is 17.7 Å². The number of aliphatic hydroxyl groups excluding tert-OH is 1. The topological polar surface area (TPSA) is 89.0 Å². The SMILES string of the molecule is COCCCN1C(=O)C(=O)/C(=C(/O)c2ccc(OC)c(C)c2)[C@H]1c1cccnc1. The van der Waals surface area contributed by atoms with E-state index >= 15 is 0 Å². The third kappa shape index (κ3) is 4.00. The number of aryl methyl sites for hydroxylation is 1. The maximum absolute atomic E-state index is 12.9. The standard InChI is InChI=1S/C22H24N2O5/c1-14-12-15(7-8-17(14)29-3)20(25)18-19(16-6-4-9-23-13-16)24(10-5-11-28-2)22(27)21(18)26/h4,6-9,12-13,19,25H,5,10-11H2,1-3H3/b20-18+/t19-/m1/s1. The number of nitrogens with zero attached hydrogens (tertiary/aromatic N) is 2. The Morgan fingerprint density at radius 2 is 2.03 bits per heavy atom. The molecule has 2 aromatic rings. The number of likely N-dealkylation sites (tertiary alicyclic amines) is 1. The second-order valence-electron chi connectivity index (χ2n) is 6.81. The zero-order valence-corrected chi connectivity index (χ0v) is 16.7. The van der Waals surface area contributed by atoms with Gasteiger partial charge in [0.2, 0.25) is 0 Å². The quantitative estimate of drug-likeness (QED) is 0.335. The van der Waals surface area contributed by atoms with Gasteiger partial charge in [-0.2, -0.15) is 0 Å². The molecule has 1 amide bonds. The highest BCUT2D eigenvalue weighted by atomic mass is 16.5. The summed E-state index contributed by atoms with van der Waals surface area (Å²) in [4.78, 5) is 31.2. The van der Waals surface area contributed by atoms with Crippen molar-refractivity contribution in [3.8, 4) is 5.75 Å². The Balaban J connectivity index is 2.11. The Bertz CT molecular complexity index is 939. The normalized spacial score (nSPS) is 18.3. The summed E-state index contributed by atoms with van der Waals surface area (Å²) >= 11 is 0. The Labute approximate surface area is 169 Å². The minimum Gasteiger partial charge on any atom is -0.507 e. The van der Waals surface area contributed by atoms with Crippen molar-refractivity contribution in [2.24, 2.45) is 0 Å². The van der Waals surface area contributed by atoms with Crippen LogP contribution in [-0.2, 0) is 14.3 Å². The molecule has 0 radical (unpaired) electrons. The summed E-state index contributed by atoms with van der Waals surface area (Å²) in [6, 6.07) is 7.94. The molecule has 2 heterocycles. The number of hydrogen-bond acceptors (Lipinski definition) is 6. The van der Waals surface area contributed by atoms with Gasteiger partial charge in [-0.15, -0.1) is 0 Å². The lowest BCUT2D eigenvalue weighted by Crippen LogP contribution is -2.31. The summed E-state index contributed by atoms with van der Waals surface area (Å²) in [7, 11) is 3.15. The molecular formula is C22H24N2O5. The molecule has 1 aliphatic rings. The van der Waals surface area contributed by atoms with E-state index in [9.17, 15) is 14.7 Å². The molecule has 7 heteroatoms. The van der Waals surface area contributed by atoms with E-state index in [1.807, 2.05) is 6.92 Å². The van der Waals surface area contributed by atoms with Gasteiger partial charge in [-0.25, -0.2) is 0 Å². The molecular weight excluding hydrogens is 372 g/mol. The van der Waals surface area contributed by atoms with Crippen LogP contribution in [0.4, 0.5) is 0 Å². The first-order valence-electron chi connectivity index (χ1n) is 9.31. The lowest BCUT2D eigenvalue weighted by molar-refractivity contribution is -0.140. The first-order valence-corrected chi connectivity index (χ1v) is 9.31. The average Bonchev–Trinajstić information content (AvgIpc) is 2.99. The molecule has 1 aromatic carbocycles. The van der Waals surface area contributed by atoms with Gasteiger partial charge < -0.3 is 19.5 Å². The van der Waals surface area contributed by atoms with E-state index in [4.69, 9.17) is 9.47 Å². The number of aromatic nitrogens is 1. The van der Waals surface area contributed by atoms with Crippen LogP contribution in [0.2, 0.25) is 0 Å². The van der Waals surface area contributed by atoms with Gasteiger partial charge in [0.1, 0.15) is 11.5 Å². The fourth-order valence-corrected chi connectivity index (χ4v) is 3.56. The zero-order valence-electron chi connectivity index (χ0n) is 16.7. The van der Waals surface area contributed by atoms with Gasteiger partial charge in [-0.05, 0) is 48.7 Å². The first kappa shape index (κ1) is 20.5. The summed E-state index contributed by atoms with van der Waals surface area (Å²) in [5.74, 6) is -0.883. The van der Waals surface area contributed by atoms with Gasteiger partial charge in [0.15, 0.2) is 0 Å². The van der Waals surface area contributed by atoms with Crippen molar-refractivity contribution in [2.45, 2.75) is 19.4 Å². The third-order valence-corrected chi connectivity index (χ3v) is 4.96. The Morgan fingerprint density at radius 1 is 1.24 bits per heavy atom. The number of pyridine rings is 1. The highest BCUT2D eigenvalue weighted by Crippen LogP contribution is 2.39. The van der Waals surface area contributed by atoms with Crippen LogP contribution >= 0.6 is 0 Å². The number of aliphatic hydroxyl groups is 1. The number of amides is 1. The molecule has 3 rings (SSSR count). The lowest BCUT2D eigenvalue weighted by Gasteiger charge is -2.25. The highest BCUT2D eigenvalue weighted by molar-refractivity contribution is 6.46. The van der Waals surface area contributed by atoms with E-state index in [1.54, 1.807) is 56.9 Å². The molecule has 152 valence electrons. The maximum Gasteiger partial charge on any atom is 0.295 e. The van der Waals surface area contributed by atoms with Crippen LogP contribution in [0.1, 0.15) is 29.2 Å². The summed E-state index contributed by atoms with van der Waals surface area (Å²) in [5.41, 5.74) is 1.98. The largest absolute Gasteiger partial charge is 0.507 e. The summed E-state index contributed by atoms with van der Waals surface area (Å²) in [5, 5.41) is 11.0. The third-order valence-electron chi connectivity index (χ3n) is 4.96. The molecule has 0 bridgehead atoms. The van der Waals surface area contributed by atoms with Gasteiger partial charge in [0.05, 0.1) is 18.7 Å². The van der Waals surface area contributed by atoms with Gasteiger partial charge in [0, 0.05) is 38.2 Å². The first-order chi connectivity index (χ1) is 14.0. The van der Waals surface area contributed by atoms with Crippen molar-refractivity contribution in [2.75, 3.05) is 27.4 Å². The molecule has 1 atom stereocenters. The van der Waals surface area contributed by atoms with E-state index in [-0.39, 0.29) is 11.3 Å². The van der Waals surface area contributed by atoms with Crippen LogP contribution in [0.15, 0.2) is 48.3 Å². The predicted octanol–water partition coefficient (Wildman–Crippen LogP) is 2.86. The van der Waals surface area contributed by atoms with E-state index in [2.05, 4.69) is 4.98 Å². The average molecular weight is 396 g/mol. The predicted molar refractivity (Wildman–Crippen MR) is 107 cm³/mol. The molecule has 29 heavy (non-hydrogen) atoms. The maximum atomic E-state index is 12.9. The number of ketones is 1. The number of benzene rings is 1. The minimum absolute atomic E-state index is 0.0602. The second kappa shape index (κ2) is 8.87. The molecule has 0 aliphatic carbocycles. The molecule has 1 saturated heterocycles. The van der Waals surface area contributed by atoms with E-state index in [0.29, 0.717) is 36.4 Å². The molecule has 1 fully saturated rings. The molecule has 7 nitrogen and oxygen atoms in total. The Morgan fingerprint density at radius 3 is 2.66 bits per heavy atom. The van der Waals surface area contributed by atoms with Crippen LogP contribution < -0.4 is 4.74 Å². The van der Waals surface area contributed by atoms with Crippen molar-refractivity contribution in [1.82, 2.24) is 9.88 Å². The molecule has 1 N–H and O–H groups in total. The van der Waals surface area contributed by atoms with Crippen LogP contribution in [0.25, 0.3) is 5.76 Å². The van der Waals surface area contributed by atoms with Crippen LogP contribution in [0, 0.1) is 6.92 Å². The Hall–Kier alpha value is -3.19. The van der Waals surface area contributed by atoms with Crippen molar-refractivity contribution in [1.29, 1.82) is 0 Å². The van der Waals surface area contributed by atoms with Crippen LogP contribution in [0.3, 0.4) is 0 Å². The minimum atomic E-state index is -0.706. The van der Waals surface area contributed by atoms with Gasteiger partial charge in [-0.3, -0.25) is 14.6 Å². The van der Waals surface area contributed by atoms with Crippen LogP contribution in [-0.4, -0.2) is 54.1 Å². The van der Waals surface area contributed by atoms with Crippen LogP contribution in [0.5, 0.6) is 5.75 Å². The molecule has 0 saturated carbocycles. The van der Waals surface area contributed by atoms with Crippen molar-refractivity contribution >= 4 is 17.4 Å².